The Balaban J connectivity index is 1.35. The van der Waals surface area contributed by atoms with Crippen molar-refractivity contribution in [1.82, 2.24) is 13.9 Å². The van der Waals surface area contributed by atoms with E-state index in [0.717, 1.165) is 81.2 Å². The minimum Gasteiger partial charge on any atom is -0.626 e. The minimum atomic E-state index is -0.0327. The summed E-state index contributed by atoms with van der Waals surface area (Å²) in [6.45, 7) is 4.57. The summed E-state index contributed by atoms with van der Waals surface area (Å²) in [7, 11) is 3.74. The van der Waals surface area contributed by atoms with Gasteiger partial charge in [-0.15, -0.1) is 0 Å². The van der Waals surface area contributed by atoms with Crippen molar-refractivity contribution < 1.29 is 14.5 Å². The maximum Gasteiger partial charge on any atom is 0.236 e. The van der Waals surface area contributed by atoms with Crippen molar-refractivity contribution in [3.8, 4) is 11.5 Å². The molecule has 0 saturated carbocycles. The molecule has 8 heteroatoms. The Morgan fingerprint density at radius 3 is 2.62 bits per heavy atom. The smallest absolute Gasteiger partial charge is 0.236 e. The van der Waals surface area contributed by atoms with Gasteiger partial charge in [-0.2, -0.15) is 0 Å². The van der Waals surface area contributed by atoms with E-state index < -0.39 is 0 Å². The third-order valence-corrected chi connectivity index (χ3v) is 6.18. The fourth-order valence-corrected chi connectivity index (χ4v) is 4.75. The zero-order valence-corrected chi connectivity index (χ0v) is 18.6. The van der Waals surface area contributed by atoms with Gasteiger partial charge in [0.25, 0.3) is 0 Å². The summed E-state index contributed by atoms with van der Waals surface area (Å²) in [4.78, 5) is 0. The molecule has 2 aliphatic rings. The third-order valence-electron chi connectivity index (χ3n) is 5.21. The predicted molar refractivity (Wildman–Crippen MR) is 117 cm³/mol. The van der Waals surface area contributed by atoms with Crippen LogP contribution in [0.1, 0.15) is 45.4 Å². The Kier molecular flexibility index (Phi) is 8.35. The summed E-state index contributed by atoms with van der Waals surface area (Å²) >= 11 is 1.67. The van der Waals surface area contributed by atoms with Crippen LogP contribution in [-0.2, 0) is 0 Å². The van der Waals surface area contributed by atoms with E-state index in [1.54, 1.807) is 19.2 Å². The highest BCUT2D eigenvalue weighted by atomic mass is 32.2. The van der Waals surface area contributed by atoms with Crippen LogP contribution in [0.5, 0.6) is 11.5 Å². The van der Waals surface area contributed by atoms with Gasteiger partial charge in [-0.25, -0.2) is 4.31 Å². The van der Waals surface area contributed by atoms with Gasteiger partial charge >= 0.3 is 0 Å². The molecule has 0 bridgehead atoms. The number of nitrogens with one attached hydrogen (secondary N) is 2. The molecule has 0 saturated heterocycles. The molecule has 162 valence electrons. The standard InChI is InChI=1S/C21H34N4O3S/c1-4-9-20-22-19-16-23(2)29-24(21(19)25(20)26)14-7-5-6-8-15-28-18-12-10-17(27-3)11-13-18/h10-13,20,22,25H,4-9,14-16H2,1-3H3. The number of rotatable bonds is 11. The highest BCUT2D eigenvalue weighted by Crippen LogP contribution is 2.28. The molecule has 1 aromatic rings. The van der Waals surface area contributed by atoms with Gasteiger partial charge in [0.1, 0.15) is 17.2 Å². The van der Waals surface area contributed by atoms with E-state index in [1.165, 1.54) is 0 Å². The van der Waals surface area contributed by atoms with Gasteiger partial charge in [-0.3, -0.25) is 4.31 Å². The number of unbranched alkanes of at least 4 members (excludes halogenated alkanes) is 3. The highest BCUT2D eigenvalue weighted by Gasteiger charge is 2.38. The maximum absolute atomic E-state index is 12.8. The Morgan fingerprint density at radius 2 is 1.90 bits per heavy atom. The van der Waals surface area contributed by atoms with Crippen molar-refractivity contribution >= 4 is 12.1 Å². The van der Waals surface area contributed by atoms with Gasteiger partial charge in [0, 0.05) is 25.1 Å². The van der Waals surface area contributed by atoms with Crippen LogP contribution in [-0.4, -0.2) is 48.6 Å². The lowest BCUT2D eigenvalue weighted by Gasteiger charge is -2.35. The minimum absolute atomic E-state index is 0.0327. The topological polar surface area (TPSA) is 64.5 Å². The summed E-state index contributed by atoms with van der Waals surface area (Å²) in [5.41, 5.74) is 1.10. The lowest BCUT2D eigenvalue weighted by molar-refractivity contribution is -0.838. The summed E-state index contributed by atoms with van der Waals surface area (Å²) in [6.07, 6.45) is 6.26. The van der Waals surface area contributed by atoms with Crippen LogP contribution in [0.15, 0.2) is 35.8 Å². The number of benzene rings is 1. The predicted octanol–water partition coefficient (Wildman–Crippen LogP) is 2.73. The van der Waals surface area contributed by atoms with Crippen LogP contribution in [0.25, 0.3) is 0 Å². The molecule has 0 amide bonds. The summed E-state index contributed by atoms with van der Waals surface area (Å²) in [5, 5.41) is 16.5. The molecule has 0 aromatic heterocycles. The van der Waals surface area contributed by atoms with Gasteiger partial charge in [0.05, 0.1) is 20.3 Å². The number of hydroxylamine groups is 2. The Morgan fingerprint density at radius 1 is 1.17 bits per heavy atom. The van der Waals surface area contributed by atoms with Gasteiger partial charge in [-0.1, -0.05) is 19.8 Å². The lowest BCUT2D eigenvalue weighted by Crippen LogP contribution is -3.10. The Bertz CT molecular complexity index is 670. The van der Waals surface area contributed by atoms with E-state index in [9.17, 15) is 5.21 Å². The number of nitrogens with zero attached hydrogens (tertiary/aromatic N) is 2. The average molecular weight is 423 g/mol. The van der Waals surface area contributed by atoms with Crippen LogP contribution < -0.4 is 19.9 Å². The zero-order valence-electron chi connectivity index (χ0n) is 17.8. The molecule has 2 heterocycles. The molecule has 2 unspecified atom stereocenters. The van der Waals surface area contributed by atoms with Crippen molar-refractivity contribution in [2.24, 2.45) is 0 Å². The van der Waals surface area contributed by atoms with Gasteiger partial charge in [0.2, 0.25) is 5.82 Å². The number of methoxy groups -OCH3 is 1. The number of quaternary nitrogens is 1. The molecule has 2 atom stereocenters. The van der Waals surface area contributed by atoms with Crippen molar-refractivity contribution in [3.63, 3.8) is 0 Å². The number of ether oxygens (including phenoxy) is 2. The molecule has 0 radical (unpaired) electrons. The van der Waals surface area contributed by atoms with E-state index in [2.05, 4.69) is 27.9 Å². The van der Waals surface area contributed by atoms with E-state index >= 15 is 0 Å². The Labute approximate surface area is 178 Å². The largest absolute Gasteiger partial charge is 0.626 e. The molecular formula is C21H34N4O3S. The SMILES string of the molecule is CCCC1NC2=C(N(CCCCCCOc3ccc(OC)cc3)SN(C)C2)[NH+]1[O-]. The van der Waals surface area contributed by atoms with E-state index in [4.69, 9.17) is 9.47 Å². The lowest BCUT2D eigenvalue weighted by atomic mass is 10.2. The summed E-state index contributed by atoms with van der Waals surface area (Å²) in [5.74, 6) is 2.63. The number of hydrogen-bond donors (Lipinski definition) is 2. The molecule has 0 fully saturated rings. The van der Waals surface area contributed by atoms with Crippen molar-refractivity contribution in [2.75, 3.05) is 33.9 Å². The highest BCUT2D eigenvalue weighted by molar-refractivity contribution is 7.94. The van der Waals surface area contributed by atoms with Crippen molar-refractivity contribution in [2.45, 2.75) is 51.6 Å². The molecule has 2 aliphatic heterocycles. The van der Waals surface area contributed by atoms with Crippen molar-refractivity contribution in [1.29, 1.82) is 0 Å². The van der Waals surface area contributed by atoms with Gasteiger partial charge < -0.3 is 25.1 Å². The van der Waals surface area contributed by atoms with Gasteiger partial charge in [-0.05, 0) is 50.6 Å². The number of hydrogen-bond acceptors (Lipinski definition) is 7. The third kappa shape index (κ3) is 5.94. The first-order valence-corrected chi connectivity index (χ1v) is 11.3. The molecular weight excluding hydrogens is 388 g/mol. The monoisotopic (exact) mass is 422 g/mol. The first kappa shape index (κ1) is 22.1. The summed E-state index contributed by atoms with van der Waals surface area (Å²) in [6, 6.07) is 7.70. The van der Waals surface area contributed by atoms with Crippen LogP contribution in [0.4, 0.5) is 0 Å². The quantitative estimate of drug-likeness (QED) is 0.323. The van der Waals surface area contributed by atoms with Crippen molar-refractivity contribution in [3.05, 3.63) is 41.0 Å². The molecule has 1 aromatic carbocycles. The molecule has 3 rings (SSSR count). The van der Waals surface area contributed by atoms with E-state index in [1.807, 2.05) is 24.3 Å². The average Bonchev–Trinajstić information content (AvgIpc) is 3.03. The van der Waals surface area contributed by atoms with Crippen LogP contribution in [0.2, 0.25) is 0 Å². The normalized spacial score (nSPS) is 21.9. The molecule has 29 heavy (non-hydrogen) atoms. The second-order valence-corrected chi connectivity index (χ2v) is 8.81. The Hall–Kier alpha value is -1.61. The van der Waals surface area contributed by atoms with Crippen LogP contribution in [0.3, 0.4) is 0 Å². The second-order valence-electron chi connectivity index (χ2n) is 7.58. The molecule has 0 aliphatic carbocycles. The number of likely N-dealkylation sites (N-methyl/N-ethyl adjacent to an activating group) is 1. The summed E-state index contributed by atoms with van der Waals surface area (Å²) < 4.78 is 15.3. The zero-order chi connectivity index (χ0) is 20.6. The molecule has 7 nitrogen and oxygen atoms in total. The fourth-order valence-electron chi connectivity index (χ4n) is 3.73. The van der Waals surface area contributed by atoms with Crippen LogP contribution >= 0.6 is 12.1 Å². The molecule has 2 N–H and O–H groups in total. The van der Waals surface area contributed by atoms with E-state index in [-0.39, 0.29) is 11.2 Å². The van der Waals surface area contributed by atoms with Crippen LogP contribution in [0, 0.1) is 5.21 Å². The van der Waals surface area contributed by atoms with E-state index in [0.29, 0.717) is 0 Å². The molecule has 0 spiro atoms. The maximum atomic E-state index is 12.8. The fraction of sp³-hybridized carbons (Fsp3) is 0.619. The first-order valence-electron chi connectivity index (χ1n) is 10.6. The second kappa shape index (κ2) is 11.0. The first-order chi connectivity index (χ1) is 14.1. The van der Waals surface area contributed by atoms with Gasteiger partial charge in [0.15, 0.2) is 6.17 Å².